The minimum Gasteiger partial charge on any atom is -0.496 e. The smallest absolute Gasteiger partial charge is 0.496 e. The summed E-state index contributed by atoms with van der Waals surface area (Å²) in [5.74, 6) is 1.03. The van der Waals surface area contributed by atoms with Crippen LogP contribution in [0.25, 0.3) is 0 Å². The van der Waals surface area contributed by atoms with E-state index in [2.05, 4.69) is 114 Å². The fraction of sp³-hybridized carbons (Fsp3) is 0.342. The number of aryl methyl sites for hydroxylation is 1. The van der Waals surface area contributed by atoms with Crippen molar-refractivity contribution in [1.29, 1.82) is 0 Å². The number of anilines is 2. The predicted octanol–water partition coefficient (Wildman–Crippen LogP) is 9.22. The maximum atomic E-state index is 5.84. The quantitative estimate of drug-likeness (QED) is 0.191. The molecular weight excluding hydrogens is 675 g/mol. The second-order valence-corrected chi connectivity index (χ2v) is 12.5. The van der Waals surface area contributed by atoms with Gasteiger partial charge in [-0.25, -0.2) is 12.1 Å². The van der Waals surface area contributed by atoms with Gasteiger partial charge in [-0.1, -0.05) is 88.0 Å². The summed E-state index contributed by atoms with van der Waals surface area (Å²) >= 11 is 0. The molecule has 4 heteroatoms. The summed E-state index contributed by atoms with van der Waals surface area (Å²) < 4.78 is 5.84. The van der Waals surface area contributed by atoms with E-state index in [1.165, 1.54) is 33.6 Å². The van der Waals surface area contributed by atoms with Gasteiger partial charge in [0, 0.05) is 0 Å². The van der Waals surface area contributed by atoms with Crippen molar-refractivity contribution >= 4 is 11.4 Å². The molecular formula is C38H51LuN2O. The Morgan fingerprint density at radius 2 is 1.07 bits per heavy atom. The molecule has 0 radical (unpaired) electrons. The Balaban J connectivity index is 0.000000351. The van der Waals surface area contributed by atoms with Gasteiger partial charge in [0.2, 0.25) is 0 Å². The van der Waals surface area contributed by atoms with Crippen LogP contribution < -0.4 is 14.5 Å². The van der Waals surface area contributed by atoms with Crippen LogP contribution in [0.1, 0.15) is 68.0 Å². The minimum absolute atomic E-state index is 0. The number of hydrogen-bond donors (Lipinski definition) is 0. The van der Waals surface area contributed by atoms with Crippen molar-refractivity contribution in [2.45, 2.75) is 52.4 Å². The Labute approximate surface area is 286 Å². The van der Waals surface area contributed by atoms with Gasteiger partial charge in [-0.3, -0.25) is 0 Å². The third kappa shape index (κ3) is 9.99. The van der Waals surface area contributed by atoms with Crippen LogP contribution in [0.3, 0.4) is 0 Å². The van der Waals surface area contributed by atoms with Crippen LogP contribution in [0.2, 0.25) is 0 Å². The van der Waals surface area contributed by atoms with Gasteiger partial charge in [-0.15, -0.1) is 17.7 Å². The number of methoxy groups -OCH3 is 1. The molecule has 3 nitrogen and oxygen atoms in total. The van der Waals surface area contributed by atoms with Gasteiger partial charge in [0.05, 0.1) is 7.11 Å². The molecule has 0 saturated heterocycles. The van der Waals surface area contributed by atoms with Crippen molar-refractivity contribution in [3.8, 4) is 5.75 Å². The molecule has 0 fully saturated rings. The van der Waals surface area contributed by atoms with Gasteiger partial charge in [-0.2, -0.15) is 49.2 Å². The molecule has 0 aliphatic heterocycles. The summed E-state index contributed by atoms with van der Waals surface area (Å²) in [7, 11) is 9.85. The normalized spacial score (nSPS) is 10.7. The number of ether oxygens (including phenoxy) is 1. The summed E-state index contributed by atoms with van der Waals surface area (Å²) in [4.78, 5) is 4.12. The molecule has 234 valence electrons. The summed E-state index contributed by atoms with van der Waals surface area (Å²) in [6.45, 7) is 21.2. The molecule has 4 rings (SSSR count). The van der Waals surface area contributed by atoms with E-state index in [0.29, 0.717) is 0 Å². The molecule has 0 amide bonds. The molecule has 4 aromatic rings. The van der Waals surface area contributed by atoms with Gasteiger partial charge in [0.25, 0.3) is 0 Å². The van der Waals surface area contributed by atoms with Crippen molar-refractivity contribution in [2.75, 3.05) is 45.1 Å². The molecule has 0 aromatic heterocycles. The first kappa shape index (κ1) is 37.4. The summed E-state index contributed by atoms with van der Waals surface area (Å²) in [5, 5.41) is 0. The summed E-state index contributed by atoms with van der Waals surface area (Å²) in [6, 6.07) is 29.3. The van der Waals surface area contributed by atoms with Crippen LogP contribution in [-0.4, -0.2) is 35.3 Å². The fourth-order valence-electron chi connectivity index (χ4n) is 4.85. The minimum atomic E-state index is -0.0686. The van der Waals surface area contributed by atoms with Crippen molar-refractivity contribution in [3.63, 3.8) is 0 Å². The molecule has 0 atom stereocenters. The average Bonchev–Trinajstić information content (AvgIpc) is 3.45. The first-order valence-corrected chi connectivity index (χ1v) is 14.2. The summed E-state index contributed by atoms with van der Waals surface area (Å²) in [5.41, 5.74) is 9.67. The van der Waals surface area contributed by atoms with Crippen LogP contribution >= 0.6 is 0 Å². The van der Waals surface area contributed by atoms with E-state index in [1.54, 1.807) is 7.11 Å². The van der Waals surface area contributed by atoms with E-state index in [1.807, 2.05) is 64.6 Å². The number of nitrogens with zero attached hydrogens (tertiary/aromatic N) is 2. The fourth-order valence-corrected chi connectivity index (χ4v) is 4.85. The van der Waals surface area contributed by atoms with Gasteiger partial charge in [-0.05, 0) is 57.1 Å². The SMILES string of the molecule is COc1c(C(C)(C)C)cc(C)cc1C(C)(C)[c-]1cccc1.[CH2-]c1ccccc1N(C)C.[CH2-]c1ccccc1N(C)C.[Lu+3]. The van der Waals surface area contributed by atoms with E-state index in [-0.39, 0.29) is 47.7 Å². The Morgan fingerprint density at radius 1 is 0.667 bits per heavy atom. The van der Waals surface area contributed by atoms with Crippen molar-refractivity contribution < 1.29 is 41.6 Å². The predicted molar refractivity (Wildman–Crippen MR) is 181 cm³/mol. The van der Waals surface area contributed by atoms with E-state index in [9.17, 15) is 0 Å². The van der Waals surface area contributed by atoms with E-state index in [4.69, 9.17) is 4.74 Å². The number of hydrogen-bond acceptors (Lipinski definition) is 3. The van der Waals surface area contributed by atoms with Crippen LogP contribution in [0.15, 0.2) is 84.9 Å². The van der Waals surface area contributed by atoms with Crippen molar-refractivity contribution in [2.24, 2.45) is 0 Å². The zero-order valence-electron chi connectivity index (χ0n) is 27.6. The largest absolute Gasteiger partial charge is 3.00 e. The second kappa shape index (κ2) is 16.3. The third-order valence-corrected chi connectivity index (χ3v) is 7.25. The monoisotopic (exact) mass is 726 g/mol. The molecule has 0 spiro atoms. The maximum absolute atomic E-state index is 5.84. The third-order valence-electron chi connectivity index (χ3n) is 7.25. The topological polar surface area (TPSA) is 15.7 Å². The number of para-hydroxylation sites is 2. The second-order valence-electron chi connectivity index (χ2n) is 12.5. The van der Waals surface area contributed by atoms with E-state index >= 15 is 0 Å². The average molecular weight is 727 g/mol. The first-order chi connectivity index (χ1) is 19.1. The van der Waals surface area contributed by atoms with Crippen molar-refractivity contribution in [1.82, 2.24) is 0 Å². The standard InChI is InChI=1S/C20H27O.2C9H12N.Lu/c1-14-12-16(19(2,3)4)18(21-7)17(13-14)20(5,6)15-10-8-9-11-15;2*1-8-6-4-5-7-9(8)10(2)3;/h8-13H,1-7H3;2*4-7H,1H2,2-3H3;/q3*-1;+3. The van der Waals surface area contributed by atoms with Gasteiger partial charge < -0.3 is 14.5 Å². The Bertz CT molecular complexity index is 1310. The zero-order chi connectivity index (χ0) is 31.0. The van der Waals surface area contributed by atoms with Crippen LogP contribution in [0, 0.1) is 57.6 Å². The molecule has 0 aliphatic carbocycles. The van der Waals surface area contributed by atoms with Crippen LogP contribution in [0.4, 0.5) is 11.4 Å². The first-order valence-electron chi connectivity index (χ1n) is 14.2. The van der Waals surface area contributed by atoms with Gasteiger partial charge in [0.15, 0.2) is 0 Å². The summed E-state index contributed by atoms with van der Waals surface area (Å²) in [6.07, 6.45) is 0. The molecule has 42 heavy (non-hydrogen) atoms. The molecule has 0 bridgehead atoms. The Morgan fingerprint density at radius 3 is 1.40 bits per heavy atom. The van der Waals surface area contributed by atoms with Gasteiger partial charge in [0.1, 0.15) is 5.75 Å². The molecule has 0 aliphatic rings. The van der Waals surface area contributed by atoms with Crippen LogP contribution in [0.5, 0.6) is 5.75 Å². The van der Waals surface area contributed by atoms with E-state index in [0.717, 1.165) is 16.9 Å². The maximum Gasteiger partial charge on any atom is 3.00 e. The number of benzene rings is 3. The Kier molecular flexibility index (Phi) is 14.5. The van der Waals surface area contributed by atoms with Crippen molar-refractivity contribution in [3.05, 3.63) is 132 Å². The molecule has 0 saturated carbocycles. The Hall–Kier alpha value is -2.62. The molecule has 0 N–H and O–H groups in total. The van der Waals surface area contributed by atoms with E-state index < -0.39 is 0 Å². The molecule has 0 heterocycles. The van der Waals surface area contributed by atoms with Gasteiger partial charge >= 0.3 is 36.9 Å². The molecule has 4 aromatic carbocycles. The number of rotatable bonds is 5. The zero-order valence-corrected chi connectivity index (χ0v) is 29.2. The molecule has 0 unspecified atom stereocenters. The van der Waals surface area contributed by atoms with Crippen LogP contribution in [-0.2, 0) is 10.8 Å².